The van der Waals surface area contributed by atoms with Crippen LogP contribution >= 0.6 is 15.9 Å². The van der Waals surface area contributed by atoms with E-state index in [1.165, 1.54) is 6.07 Å². The van der Waals surface area contributed by atoms with Crippen molar-refractivity contribution in [2.45, 2.75) is 39.4 Å². The van der Waals surface area contributed by atoms with E-state index in [1.54, 1.807) is 12.1 Å². The number of nitrogens with two attached hydrogens (primary N) is 1. The molecule has 1 aromatic carbocycles. The number of hydrogen-bond donors (Lipinski definition) is 1. The zero-order chi connectivity index (χ0) is 14.4. The molecule has 0 unspecified atom stereocenters. The van der Waals surface area contributed by atoms with Gasteiger partial charge >= 0.3 is 0 Å². The Morgan fingerprint density at radius 3 is 2.74 bits per heavy atom. The van der Waals surface area contributed by atoms with Crippen LogP contribution in [-0.2, 0) is 16.1 Å². The van der Waals surface area contributed by atoms with Gasteiger partial charge in [-0.05, 0) is 31.4 Å². The summed E-state index contributed by atoms with van der Waals surface area (Å²) in [4.78, 5) is 10.7. The summed E-state index contributed by atoms with van der Waals surface area (Å²) in [6, 6.07) is 4.89. The molecule has 1 aromatic rings. The van der Waals surface area contributed by atoms with Crippen molar-refractivity contribution < 1.29 is 13.9 Å². The van der Waals surface area contributed by atoms with Crippen LogP contribution in [0.1, 0.15) is 32.3 Å². The zero-order valence-electron chi connectivity index (χ0n) is 11.2. The van der Waals surface area contributed by atoms with Gasteiger partial charge in [0.15, 0.2) is 0 Å². The first-order valence-electron chi connectivity index (χ1n) is 6.24. The average Bonchev–Trinajstić information content (AvgIpc) is 2.34. The lowest BCUT2D eigenvalue weighted by Gasteiger charge is -2.20. The van der Waals surface area contributed by atoms with Gasteiger partial charge < -0.3 is 10.5 Å². The van der Waals surface area contributed by atoms with Gasteiger partial charge in [-0.25, -0.2) is 4.39 Å². The van der Waals surface area contributed by atoms with Crippen LogP contribution in [0.5, 0.6) is 0 Å². The molecule has 0 spiro atoms. The van der Waals surface area contributed by atoms with Crippen LogP contribution in [0.15, 0.2) is 22.7 Å². The second kappa shape index (κ2) is 7.60. The van der Waals surface area contributed by atoms with Crippen molar-refractivity contribution in [3.05, 3.63) is 34.1 Å². The largest absolute Gasteiger partial charge is 0.373 e. The van der Waals surface area contributed by atoms with Gasteiger partial charge in [0.2, 0.25) is 5.91 Å². The van der Waals surface area contributed by atoms with E-state index >= 15 is 0 Å². The Morgan fingerprint density at radius 1 is 1.47 bits per heavy atom. The highest BCUT2D eigenvalue weighted by Gasteiger charge is 2.14. The molecule has 106 valence electrons. The van der Waals surface area contributed by atoms with Crippen LogP contribution in [0, 0.1) is 11.7 Å². The molecule has 0 radical (unpaired) electrons. The molecule has 0 bridgehead atoms. The van der Waals surface area contributed by atoms with E-state index < -0.39 is 0 Å². The number of ether oxygens (including phenoxy) is 1. The van der Waals surface area contributed by atoms with E-state index in [2.05, 4.69) is 15.9 Å². The van der Waals surface area contributed by atoms with Crippen molar-refractivity contribution in [1.82, 2.24) is 0 Å². The number of carbonyl (C=O) groups is 1. The lowest BCUT2D eigenvalue weighted by molar-refractivity contribution is -0.118. The maximum absolute atomic E-state index is 13.6. The van der Waals surface area contributed by atoms with Gasteiger partial charge in [0.05, 0.1) is 12.7 Å². The summed E-state index contributed by atoms with van der Waals surface area (Å²) in [7, 11) is 0. The second-order valence-corrected chi connectivity index (χ2v) is 5.65. The van der Waals surface area contributed by atoms with E-state index in [0.29, 0.717) is 22.9 Å². The lowest BCUT2D eigenvalue weighted by atomic mass is 10.00. The minimum atomic E-state index is -0.307. The fourth-order valence-corrected chi connectivity index (χ4v) is 1.96. The van der Waals surface area contributed by atoms with Gasteiger partial charge in [-0.15, -0.1) is 0 Å². The summed E-state index contributed by atoms with van der Waals surface area (Å²) in [6.45, 7) is 4.13. The molecular weight excluding hydrogens is 313 g/mol. The number of amides is 1. The molecule has 5 heteroatoms. The summed E-state index contributed by atoms with van der Waals surface area (Å²) < 4.78 is 19.9. The summed E-state index contributed by atoms with van der Waals surface area (Å²) in [5, 5.41) is 0. The number of halogens is 2. The van der Waals surface area contributed by atoms with Crippen LogP contribution in [0.3, 0.4) is 0 Å². The van der Waals surface area contributed by atoms with E-state index in [1.807, 2.05) is 13.8 Å². The highest BCUT2D eigenvalue weighted by Crippen LogP contribution is 2.19. The standard InChI is InChI=1S/C14H19BrFNO2/c1-9(3-6-14(17)18)10(2)19-8-11-4-5-12(15)7-13(11)16/h4-5,7,9-10H,3,6,8H2,1-2H3,(H2,17,18)/t9-,10+/m0/s1. The Morgan fingerprint density at radius 2 is 2.16 bits per heavy atom. The molecule has 2 atom stereocenters. The van der Waals surface area contributed by atoms with Gasteiger partial charge in [0.1, 0.15) is 5.82 Å². The fraction of sp³-hybridized carbons (Fsp3) is 0.500. The quantitative estimate of drug-likeness (QED) is 0.832. The molecule has 1 amide bonds. The van der Waals surface area contributed by atoms with Crippen molar-refractivity contribution in [2.24, 2.45) is 11.7 Å². The molecule has 2 N–H and O–H groups in total. The van der Waals surface area contributed by atoms with Crippen LogP contribution in [0.4, 0.5) is 4.39 Å². The maximum Gasteiger partial charge on any atom is 0.217 e. The molecule has 19 heavy (non-hydrogen) atoms. The first-order chi connectivity index (χ1) is 8.90. The van der Waals surface area contributed by atoms with Crippen molar-refractivity contribution in [3.8, 4) is 0 Å². The predicted molar refractivity (Wildman–Crippen MR) is 75.9 cm³/mol. The molecule has 3 nitrogen and oxygen atoms in total. The molecule has 0 heterocycles. The number of rotatable bonds is 7. The molecule has 1 rings (SSSR count). The molecule has 0 aliphatic rings. The second-order valence-electron chi connectivity index (χ2n) is 4.73. The highest BCUT2D eigenvalue weighted by atomic mass is 79.9. The SMILES string of the molecule is C[C@@H](CCC(N)=O)[C@@H](C)OCc1ccc(Br)cc1F. The van der Waals surface area contributed by atoms with E-state index in [0.717, 1.165) is 0 Å². The Bertz CT molecular complexity index is 439. The number of primary amides is 1. The normalized spacial score (nSPS) is 14.1. The first kappa shape index (κ1) is 16.1. The van der Waals surface area contributed by atoms with Crippen molar-refractivity contribution >= 4 is 21.8 Å². The smallest absolute Gasteiger partial charge is 0.217 e. The molecule has 0 saturated heterocycles. The third kappa shape index (κ3) is 5.70. The fourth-order valence-electron chi connectivity index (χ4n) is 1.63. The van der Waals surface area contributed by atoms with Gasteiger partial charge in [0, 0.05) is 16.5 Å². The summed E-state index contributed by atoms with van der Waals surface area (Å²) >= 11 is 3.21. The number of carbonyl (C=O) groups excluding carboxylic acids is 1. The van der Waals surface area contributed by atoms with Crippen molar-refractivity contribution in [2.75, 3.05) is 0 Å². The lowest BCUT2D eigenvalue weighted by Crippen LogP contribution is -2.21. The number of hydrogen-bond acceptors (Lipinski definition) is 2. The van der Waals surface area contributed by atoms with E-state index in [9.17, 15) is 9.18 Å². The van der Waals surface area contributed by atoms with E-state index in [4.69, 9.17) is 10.5 Å². The highest BCUT2D eigenvalue weighted by molar-refractivity contribution is 9.10. The van der Waals surface area contributed by atoms with E-state index in [-0.39, 0.29) is 30.4 Å². The van der Waals surface area contributed by atoms with Crippen LogP contribution in [0.25, 0.3) is 0 Å². The minimum Gasteiger partial charge on any atom is -0.373 e. The molecule has 0 aliphatic carbocycles. The average molecular weight is 332 g/mol. The molecule has 0 aliphatic heterocycles. The molecular formula is C14H19BrFNO2. The summed E-state index contributed by atoms with van der Waals surface area (Å²) in [5.41, 5.74) is 5.63. The molecule has 0 aromatic heterocycles. The third-order valence-electron chi connectivity index (χ3n) is 3.16. The third-order valence-corrected chi connectivity index (χ3v) is 3.66. The summed E-state index contributed by atoms with van der Waals surface area (Å²) in [5.74, 6) is -0.393. The Hall–Kier alpha value is -0.940. The first-order valence-corrected chi connectivity index (χ1v) is 7.03. The number of benzene rings is 1. The zero-order valence-corrected chi connectivity index (χ0v) is 12.7. The predicted octanol–water partition coefficient (Wildman–Crippen LogP) is 3.39. The molecule has 0 fully saturated rings. The van der Waals surface area contributed by atoms with Crippen LogP contribution in [0.2, 0.25) is 0 Å². The summed E-state index contributed by atoms with van der Waals surface area (Å²) in [6.07, 6.45) is 0.975. The minimum absolute atomic E-state index is 0.0533. The Labute approximate surface area is 121 Å². The van der Waals surface area contributed by atoms with Gasteiger partial charge in [-0.1, -0.05) is 28.9 Å². The monoisotopic (exact) mass is 331 g/mol. The van der Waals surface area contributed by atoms with Crippen LogP contribution in [-0.4, -0.2) is 12.0 Å². The Balaban J connectivity index is 2.44. The van der Waals surface area contributed by atoms with Crippen molar-refractivity contribution in [3.63, 3.8) is 0 Å². The van der Waals surface area contributed by atoms with Gasteiger partial charge in [0.25, 0.3) is 0 Å². The van der Waals surface area contributed by atoms with Crippen LogP contribution < -0.4 is 5.73 Å². The maximum atomic E-state index is 13.6. The van der Waals surface area contributed by atoms with Gasteiger partial charge in [-0.2, -0.15) is 0 Å². The van der Waals surface area contributed by atoms with Gasteiger partial charge in [-0.3, -0.25) is 4.79 Å². The topological polar surface area (TPSA) is 52.3 Å². The Kier molecular flexibility index (Phi) is 6.45. The molecule has 0 saturated carbocycles. The van der Waals surface area contributed by atoms with Crippen molar-refractivity contribution in [1.29, 1.82) is 0 Å².